The van der Waals surface area contributed by atoms with Crippen LogP contribution < -0.4 is 5.32 Å². The highest BCUT2D eigenvalue weighted by atomic mass is 32.2. The van der Waals surface area contributed by atoms with Crippen molar-refractivity contribution >= 4 is 27.4 Å². The molecule has 1 atom stereocenters. The Hall–Kier alpha value is -2.74. The summed E-state index contributed by atoms with van der Waals surface area (Å²) in [5, 5.41) is 2.65. The van der Waals surface area contributed by atoms with Crippen molar-refractivity contribution in [3.8, 4) is 0 Å². The maximum absolute atomic E-state index is 12.9. The molecule has 0 saturated heterocycles. The molecule has 156 valence electrons. The van der Waals surface area contributed by atoms with Crippen LogP contribution in [-0.2, 0) is 24.2 Å². The smallest absolute Gasteiger partial charge is 0.307 e. The van der Waals surface area contributed by atoms with Crippen molar-refractivity contribution < 1.29 is 27.1 Å². The average Bonchev–Trinajstić information content (AvgIpc) is 2.67. The number of carbonyl (C=O) groups excluding carboxylic acids is 2. The molecular weight excluding hydrogens is 397 g/mol. The fraction of sp³-hybridized carbons (Fsp3) is 0.333. The second-order valence-electron chi connectivity index (χ2n) is 6.92. The molecule has 0 spiro atoms. The number of esters is 1. The molecule has 6 nitrogen and oxygen atoms in total. The van der Waals surface area contributed by atoms with Crippen molar-refractivity contribution in [2.75, 3.05) is 11.1 Å². The third-order valence-corrected chi connectivity index (χ3v) is 6.00. The first-order chi connectivity index (χ1) is 13.6. The molecule has 2 rings (SSSR count). The van der Waals surface area contributed by atoms with Crippen molar-refractivity contribution in [1.82, 2.24) is 0 Å². The maximum atomic E-state index is 12.9. The molecule has 1 N–H and O–H groups in total. The van der Waals surface area contributed by atoms with E-state index < -0.39 is 45.8 Å². The van der Waals surface area contributed by atoms with E-state index in [-0.39, 0.29) is 4.90 Å². The first kappa shape index (κ1) is 22.5. The van der Waals surface area contributed by atoms with Crippen LogP contribution in [0.1, 0.15) is 38.7 Å². The van der Waals surface area contributed by atoms with Crippen LogP contribution in [0, 0.1) is 5.82 Å². The Balaban J connectivity index is 1.86. The quantitative estimate of drug-likeness (QED) is 0.519. The molecule has 0 aliphatic heterocycles. The van der Waals surface area contributed by atoms with Crippen LogP contribution >= 0.6 is 0 Å². The molecule has 29 heavy (non-hydrogen) atoms. The SMILES string of the molecule is CC(C)c1ccc(NC(=O)[C@@H](C)OC(=O)CCS(=O)(=O)c2ccc(F)cc2)cc1. The van der Waals surface area contributed by atoms with Crippen LogP contribution in [-0.4, -0.2) is 32.2 Å². The number of carbonyl (C=O) groups is 2. The Kier molecular flexibility index (Phi) is 7.50. The predicted molar refractivity (Wildman–Crippen MR) is 108 cm³/mol. The monoisotopic (exact) mass is 421 g/mol. The molecule has 0 unspecified atom stereocenters. The van der Waals surface area contributed by atoms with E-state index in [0.717, 1.165) is 29.8 Å². The Morgan fingerprint density at radius 2 is 1.59 bits per heavy atom. The van der Waals surface area contributed by atoms with E-state index in [2.05, 4.69) is 19.2 Å². The molecule has 0 aliphatic carbocycles. The van der Waals surface area contributed by atoms with Gasteiger partial charge in [-0.1, -0.05) is 26.0 Å². The van der Waals surface area contributed by atoms with Crippen molar-refractivity contribution in [2.45, 2.75) is 44.1 Å². The standard InChI is InChI=1S/C21H24FNO5S/c1-14(2)16-4-8-18(9-5-16)23-21(25)15(3)28-20(24)12-13-29(26,27)19-10-6-17(22)7-11-19/h4-11,14-15H,12-13H2,1-3H3,(H,23,25)/t15-/m1/s1. The van der Waals surface area contributed by atoms with Gasteiger partial charge in [-0.05, 0) is 54.8 Å². The molecule has 0 aliphatic rings. The molecule has 0 radical (unpaired) electrons. The zero-order chi connectivity index (χ0) is 21.6. The number of benzene rings is 2. The van der Waals surface area contributed by atoms with Gasteiger partial charge in [0.15, 0.2) is 15.9 Å². The van der Waals surface area contributed by atoms with Crippen molar-refractivity contribution in [3.05, 3.63) is 59.9 Å². The summed E-state index contributed by atoms with van der Waals surface area (Å²) < 4.78 is 42.3. The number of halogens is 1. The molecule has 0 heterocycles. The first-order valence-corrected chi connectivity index (χ1v) is 10.8. The molecular formula is C21H24FNO5S. The number of rotatable bonds is 8. The Morgan fingerprint density at radius 1 is 1.00 bits per heavy atom. The third kappa shape index (κ3) is 6.67. The summed E-state index contributed by atoms with van der Waals surface area (Å²) in [6.45, 7) is 5.53. The fourth-order valence-electron chi connectivity index (χ4n) is 2.48. The fourth-order valence-corrected chi connectivity index (χ4v) is 3.70. The van der Waals surface area contributed by atoms with Crippen LogP contribution in [0.2, 0.25) is 0 Å². The predicted octanol–water partition coefficient (Wildman–Crippen LogP) is 3.68. The minimum atomic E-state index is -3.76. The molecule has 0 saturated carbocycles. The summed E-state index contributed by atoms with van der Waals surface area (Å²) in [6.07, 6.45) is -1.50. The number of anilines is 1. The minimum Gasteiger partial charge on any atom is -0.453 e. The normalized spacial score (nSPS) is 12.4. The second kappa shape index (κ2) is 9.65. The minimum absolute atomic E-state index is 0.0812. The topological polar surface area (TPSA) is 89.5 Å². The molecule has 0 aromatic heterocycles. The number of hydrogen-bond donors (Lipinski definition) is 1. The highest BCUT2D eigenvalue weighted by Crippen LogP contribution is 2.17. The van der Waals surface area contributed by atoms with Gasteiger partial charge in [0.2, 0.25) is 0 Å². The van der Waals surface area contributed by atoms with Gasteiger partial charge in [-0.3, -0.25) is 9.59 Å². The summed E-state index contributed by atoms with van der Waals surface area (Å²) in [6, 6.07) is 11.7. The summed E-state index contributed by atoms with van der Waals surface area (Å²) in [5.74, 6) is -2.01. The lowest BCUT2D eigenvalue weighted by Crippen LogP contribution is -2.30. The van der Waals surface area contributed by atoms with Gasteiger partial charge >= 0.3 is 5.97 Å². The zero-order valence-corrected chi connectivity index (χ0v) is 17.3. The van der Waals surface area contributed by atoms with E-state index in [4.69, 9.17) is 4.74 Å². The lowest BCUT2D eigenvalue weighted by atomic mass is 10.0. The van der Waals surface area contributed by atoms with Crippen LogP contribution in [0.3, 0.4) is 0 Å². The van der Waals surface area contributed by atoms with Gasteiger partial charge < -0.3 is 10.1 Å². The lowest BCUT2D eigenvalue weighted by molar-refractivity contribution is -0.152. The van der Waals surface area contributed by atoms with Crippen LogP contribution in [0.25, 0.3) is 0 Å². The van der Waals surface area contributed by atoms with E-state index in [1.54, 1.807) is 12.1 Å². The second-order valence-corrected chi connectivity index (χ2v) is 9.03. The van der Waals surface area contributed by atoms with E-state index >= 15 is 0 Å². The zero-order valence-electron chi connectivity index (χ0n) is 16.5. The molecule has 1 amide bonds. The van der Waals surface area contributed by atoms with E-state index in [1.165, 1.54) is 6.92 Å². The largest absolute Gasteiger partial charge is 0.453 e. The Labute approximate surface area is 170 Å². The van der Waals surface area contributed by atoms with Crippen molar-refractivity contribution in [1.29, 1.82) is 0 Å². The molecule has 2 aromatic rings. The average molecular weight is 421 g/mol. The van der Waals surface area contributed by atoms with Crippen LogP contribution in [0.5, 0.6) is 0 Å². The van der Waals surface area contributed by atoms with Gasteiger partial charge in [0.1, 0.15) is 5.82 Å². The summed E-state index contributed by atoms with van der Waals surface area (Å²) in [5.41, 5.74) is 1.70. The van der Waals surface area contributed by atoms with Gasteiger partial charge in [0.05, 0.1) is 17.1 Å². The summed E-state index contributed by atoms with van der Waals surface area (Å²) in [7, 11) is -3.76. The Bertz CT molecular complexity index is 954. The number of sulfone groups is 1. The molecule has 0 fully saturated rings. The maximum Gasteiger partial charge on any atom is 0.307 e. The van der Waals surface area contributed by atoms with Crippen molar-refractivity contribution in [2.24, 2.45) is 0 Å². The third-order valence-electron chi connectivity index (χ3n) is 4.27. The molecule has 2 aromatic carbocycles. The number of ether oxygens (including phenoxy) is 1. The summed E-state index contributed by atoms with van der Waals surface area (Å²) in [4.78, 5) is 24.0. The van der Waals surface area contributed by atoms with Crippen molar-refractivity contribution in [3.63, 3.8) is 0 Å². The lowest BCUT2D eigenvalue weighted by Gasteiger charge is -2.14. The van der Waals surface area contributed by atoms with Crippen LogP contribution in [0.15, 0.2) is 53.4 Å². The van der Waals surface area contributed by atoms with Gasteiger partial charge in [0.25, 0.3) is 5.91 Å². The van der Waals surface area contributed by atoms with Gasteiger partial charge in [-0.2, -0.15) is 0 Å². The Morgan fingerprint density at radius 3 is 2.14 bits per heavy atom. The highest BCUT2D eigenvalue weighted by molar-refractivity contribution is 7.91. The first-order valence-electron chi connectivity index (χ1n) is 9.17. The van der Waals surface area contributed by atoms with Gasteiger partial charge in [0, 0.05) is 5.69 Å². The molecule has 0 bridgehead atoms. The summed E-state index contributed by atoms with van der Waals surface area (Å²) >= 11 is 0. The van der Waals surface area contributed by atoms with Gasteiger partial charge in [-0.25, -0.2) is 12.8 Å². The van der Waals surface area contributed by atoms with E-state index in [0.29, 0.717) is 11.6 Å². The number of nitrogens with one attached hydrogen (secondary N) is 1. The van der Waals surface area contributed by atoms with E-state index in [1.807, 2.05) is 12.1 Å². The highest BCUT2D eigenvalue weighted by Gasteiger charge is 2.21. The molecule has 8 heteroatoms. The van der Waals surface area contributed by atoms with Gasteiger partial charge in [-0.15, -0.1) is 0 Å². The number of amides is 1. The van der Waals surface area contributed by atoms with E-state index in [9.17, 15) is 22.4 Å². The number of hydrogen-bond acceptors (Lipinski definition) is 5. The van der Waals surface area contributed by atoms with Crippen LogP contribution in [0.4, 0.5) is 10.1 Å².